The zero-order chi connectivity index (χ0) is 17.9. The molecule has 0 aliphatic carbocycles. The molecule has 26 heavy (non-hydrogen) atoms. The van der Waals surface area contributed by atoms with Crippen LogP contribution in [0.15, 0.2) is 83.6 Å². The number of anilines is 1. The van der Waals surface area contributed by atoms with Gasteiger partial charge >= 0.3 is 0 Å². The fourth-order valence-corrected chi connectivity index (χ4v) is 3.21. The third-order valence-electron chi connectivity index (χ3n) is 4.24. The summed E-state index contributed by atoms with van der Waals surface area (Å²) in [7, 11) is 0. The molecule has 2 N–H and O–H groups in total. The van der Waals surface area contributed by atoms with Gasteiger partial charge in [-0.1, -0.05) is 48.5 Å². The Hall–Kier alpha value is -2.92. The van der Waals surface area contributed by atoms with Crippen molar-refractivity contribution in [1.29, 1.82) is 0 Å². The van der Waals surface area contributed by atoms with Crippen LogP contribution in [-0.4, -0.2) is 15.1 Å². The highest BCUT2D eigenvalue weighted by molar-refractivity contribution is 9.10. The highest BCUT2D eigenvalue weighted by Gasteiger charge is 2.20. The molecule has 128 valence electrons. The van der Waals surface area contributed by atoms with E-state index in [1.807, 2.05) is 66.7 Å². The van der Waals surface area contributed by atoms with Crippen LogP contribution in [0.4, 0.5) is 5.82 Å². The Morgan fingerprint density at radius 1 is 0.885 bits per heavy atom. The normalized spacial score (nSPS) is 12.0. The van der Waals surface area contributed by atoms with E-state index in [2.05, 4.69) is 31.2 Å². The quantitative estimate of drug-likeness (QED) is 0.483. The number of benzene rings is 2. The zero-order valence-electron chi connectivity index (χ0n) is 13.8. The Labute approximate surface area is 159 Å². The number of pyridine rings is 2. The first-order chi connectivity index (χ1) is 12.7. The molecule has 0 fully saturated rings. The van der Waals surface area contributed by atoms with Crippen molar-refractivity contribution in [3.8, 4) is 5.75 Å². The zero-order valence-corrected chi connectivity index (χ0v) is 15.4. The minimum atomic E-state index is -0.253. The van der Waals surface area contributed by atoms with Gasteiger partial charge in [0.15, 0.2) is 0 Å². The number of hydrogen-bond donors (Lipinski definition) is 2. The molecule has 5 heteroatoms. The van der Waals surface area contributed by atoms with Crippen LogP contribution in [-0.2, 0) is 0 Å². The third kappa shape index (κ3) is 3.26. The van der Waals surface area contributed by atoms with Gasteiger partial charge < -0.3 is 10.4 Å². The number of phenols is 1. The van der Waals surface area contributed by atoms with Gasteiger partial charge in [-0.25, -0.2) is 4.98 Å². The number of aromatic nitrogens is 2. The predicted octanol–water partition coefficient (Wildman–Crippen LogP) is 5.30. The highest BCUT2D eigenvalue weighted by Crippen LogP contribution is 2.36. The van der Waals surface area contributed by atoms with Crippen molar-refractivity contribution in [2.24, 2.45) is 0 Å². The smallest absolute Gasteiger partial charge is 0.147 e. The van der Waals surface area contributed by atoms with Gasteiger partial charge in [0, 0.05) is 27.8 Å². The number of nitrogens with zero attached hydrogens (tertiary/aromatic N) is 2. The van der Waals surface area contributed by atoms with Crippen LogP contribution >= 0.6 is 15.9 Å². The Morgan fingerprint density at radius 2 is 1.73 bits per heavy atom. The molecule has 0 unspecified atom stereocenters. The van der Waals surface area contributed by atoms with Gasteiger partial charge in [0.2, 0.25) is 0 Å². The maximum Gasteiger partial charge on any atom is 0.147 e. The lowest BCUT2D eigenvalue weighted by molar-refractivity contribution is 0.471. The van der Waals surface area contributed by atoms with Crippen molar-refractivity contribution >= 4 is 32.7 Å². The second-order valence-corrected chi connectivity index (χ2v) is 6.84. The van der Waals surface area contributed by atoms with E-state index in [1.165, 1.54) is 0 Å². The van der Waals surface area contributed by atoms with Gasteiger partial charge in [0.25, 0.3) is 0 Å². The number of phenolic OH excluding ortho intramolecular Hbond substituents is 1. The van der Waals surface area contributed by atoms with Gasteiger partial charge in [-0.05, 0) is 39.7 Å². The van der Waals surface area contributed by atoms with E-state index in [1.54, 1.807) is 12.4 Å². The molecule has 2 heterocycles. The van der Waals surface area contributed by atoms with Gasteiger partial charge in [-0.15, -0.1) is 0 Å². The van der Waals surface area contributed by atoms with Crippen molar-refractivity contribution in [2.45, 2.75) is 6.04 Å². The minimum Gasteiger partial charge on any atom is -0.505 e. The molecular formula is C21H16BrN3O. The number of halogens is 1. The average Bonchev–Trinajstić information content (AvgIpc) is 2.69. The highest BCUT2D eigenvalue weighted by atomic mass is 79.9. The van der Waals surface area contributed by atoms with Crippen LogP contribution in [0, 0.1) is 0 Å². The summed E-state index contributed by atoms with van der Waals surface area (Å²) >= 11 is 3.40. The summed E-state index contributed by atoms with van der Waals surface area (Å²) in [4.78, 5) is 8.74. The standard InChI is InChI=1S/C21H16BrN3O/c22-16-9-11-18(24-13-16)25-19(14-5-2-1-3-6-14)17-10-8-15-7-4-12-23-20(15)21(17)26/h1-13,19,26H,(H,24,25)/t19-/m0/s1. The van der Waals surface area contributed by atoms with E-state index in [0.29, 0.717) is 5.52 Å². The Balaban J connectivity index is 1.83. The summed E-state index contributed by atoms with van der Waals surface area (Å²) in [5, 5.41) is 15.2. The van der Waals surface area contributed by atoms with Crippen LogP contribution in [0.5, 0.6) is 5.75 Å². The first-order valence-corrected chi connectivity index (χ1v) is 9.01. The number of fused-ring (bicyclic) bond motifs is 1. The SMILES string of the molecule is Oc1c([C@@H](Nc2ccc(Br)cn2)c2ccccc2)ccc2cccnc12. The summed E-state index contributed by atoms with van der Waals surface area (Å²) in [5.41, 5.74) is 2.38. The molecule has 0 saturated heterocycles. The Kier molecular flexibility index (Phi) is 4.54. The van der Waals surface area contributed by atoms with E-state index in [-0.39, 0.29) is 11.8 Å². The van der Waals surface area contributed by atoms with Crippen LogP contribution in [0.3, 0.4) is 0 Å². The number of aromatic hydroxyl groups is 1. The van der Waals surface area contributed by atoms with Crippen LogP contribution < -0.4 is 5.32 Å². The summed E-state index contributed by atoms with van der Waals surface area (Å²) < 4.78 is 0.914. The summed E-state index contributed by atoms with van der Waals surface area (Å²) in [6, 6.07) is 21.3. The number of nitrogens with one attached hydrogen (secondary N) is 1. The molecule has 2 aromatic heterocycles. The predicted molar refractivity (Wildman–Crippen MR) is 107 cm³/mol. The van der Waals surface area contributed by atoms with Gasteiger partial charge in [0.1, 0.15) is 17.1 Å². The third-order valence-corrected chi connectivity index (χ3v) is 4.71. The van der Waals surface area contributed by atoms with Crippen molar-refractivity contribution in [3.05, 3.63) is 94.7 Å². The average molecular weight is 406 g/mol. The summed E-state index contributed by atoms with van der Waals surface area (Å²) in [6.45, 7) is 0. The first kappa shape index (κ1) is 16.5. The van der Waals surface area contributed by atoms with Gasteiger partial charge in [0.05, 0.1) is 6.04 Å². The molecule has 0 aliphatic heterocycles. The number of hydrogen-bond acceptors (Lipinski definition) is 4. The molecule has 4 aromatic rings. The van der Waals surface area contributed by atoms with E-state index in [4.69, 9.17) is 0 Å². The fraction of sp³-hybridized carbons (Fsp3) is 0.0476. The molecule has 4 rings (SSSR count). The molecule has 0 bridgehead atoms. The van der Waals surface area contributed by atoms with Gasteiger partial charge in [-0.3, -0.25) is 4.98 Å². The maximum absolute atomic E-state index is 10.9. The molecule has 0 saturated carbocycles. The largest absolute Gasteiger partial charge is 0.505 e. The van der Waals surface area contributed by atoms with E-state index >= 15 is 0 Å². The molecule has 2 aromatic carbocycles. The second kappa shape index (κ2) is 7.14. The van der Waals surface area contributed by atoms with Gasteiger partial charge in [-0.2, -0.15) is 0 Å². The second-order valence-electron chi connectivity index (χ2n) is 5.93. The fourth-order valence-electron chi connectivity index (χ4n) is 2.97. The van der Waals surface area contributed by atoms with E-state index in [0.717, 1.165) is 26.8 Å². The number of rotatable bonds is 4. The van der Waals surface area contributed by atoms with Crippen LogP contribution in [0.25, 0.3) is 10.9 Å². The lowest BCUT2D eigenvalue weighted by Crippen LogP contribution is -2.13. The van der Waals surface area contributed by atoms with Crippen molar-refractivity contribution in [3.63, 3.8) is 0 Å². The van der Waals surface area contributed by atoms with Crippen molar-refractivity contribution in [1.82, 2.24) is 9.97 Å². The lowest BCUT2D eigenvalue weighted by Gasteiger charge is -2.22. The lowest BCUT2D eigenvalue weighted by atomic mass is 9.96. The van der Waals surface area contributed by atoms with E-state index < -0.39 is 0 Å². The maximum atomic E-state index is 10.9. The molecule has 0 spiro atoms. The topological polar surface area (TPSA) is 58.0 Å². The summed E-state index contributed by atoms with van der Waals surface area (Å²) in [5.74, 6) is 0.907. The first-order valence-electron chi connectivity index (χ1n) is 8.22. The minimum absolute atomic E-state index is 0.182. The molecule has 0 amide bonds. The van der Waals surface area contributed by atoms with Crippen LogP contribution in [0.1, 0.15) is 17.2 Å². The molecule has 1 atom stereocenters. The van der Waals surface area contributed by atoms with Crippen molar-refractivity contribution in [2.75, 3.05) is 5.32 Å². The molecule has 0 aliphatic rings. The van der Waals surface area contributed by atoms with Crippen molar-refractivity contribution < 1.29 is 5.11 Å². The Morgan fingerprint density at radius 3 is 2.50 bits per heavy atom. The monoisotopic (exact) mass is 405 g/mol. The Bertz CT molecular complexity index is 1040. The molecular weight excluding hydrogens is 390 g/mol. The van der Waals surface area contributed by atoms with Crippen LogP contribution in [0.2, 0.25) is 0 Å². The molecule has 4 nitrogen and oxygen atoms in total. The summed E-state index contributed by atoms with van der Waals surface area (Å²) in [6.07, 6.45) is 3.43. The molecule has 0 radical (unpaired) electrons. The van der Waals surface area contributed by atoms with E-state index in [9.17, 15) is 5.11 Å².